The minimum Gasteiger partial charge on any atom is -0.325 e. The predicted octanol–water partition coefficient (Wildman–Crippen LogP) is 2.28. The van der Waals surface area contributed by atoms with E-state index in [2.05, 4.69) is 10.0 Å². The summed E-state index contributed by atoms with van der Waals surface area (Å²) in [6, 6.07) is 4.43. The lowest BCUT2D eigenvalue weighted by molar-refractivity contribution is -0.115. The van der Waals surface area contributed by atoms with Crippen LogP contribution < -0.4 is 10.0 Å². The third-order valence-corrected chi connectivity index (χ3v) is 2.99. The molecule has 0 aromatic heterocycles. The molecule has 1 aromatic rings. The molecule has 0 aliphatic carbocycles. The fourth-order valence-corrected chi connectivity index (χ4v) is 2.09. The second kappa shape index (κ2) is 6.26. The van der Waals surface area contributed by atoms with Gasteiger partial charge in [0.05, 0.1) is 22.7 Å². The summed E-state index contributed by atoms with van der Waals surface area (Å²) in [6.45, 7) is 0. The summed E-state index contributed by atoms with van der Waals surface area (Å²) in [6.07, 6.45) is 1.19. The fraction of sp³-hybridized carbons (Fsp3) is 0.300. The largest absolute Gasteiger partial charge is 0.325 e. The van der Waals surface area contributed by atoms with Crippen LogP contribution in [0.5, 0.6) is 0 Å². The van der Waals surface area contributed by atoms with Crippen molar-refractivity contribution in [1.29, 1.82) is 0 Å². The Morgan fingerprint density at radius 3 is 2.61 bits per heavy atom. The average molecular weight is 311 g/mol. The molecule has 0 aliphatic heterocycles. The maximum absolute atomic E-state index is 11.4. The molecule has 0 unspecified atom stereocenters. The van der Waals surface area contributed by atoms with Gasteiger partial charge in [-0.05, 0) is 18.2 Å². The van der Waals surface area contributed by atoms with Crippen LogP contribution in [0.25, 0.3) is 0 Å². The molecule has 5 nitrogen and oxygen atoms in total. The van der Waals surface area contributed by atoms with Gasteiger partial charge < -0.3 is 5.32 Å². The third kappa shape index (κ3) is 5.12. The summed E-state index contributed by atoms with van der Waals surface area (Å²) in [7, 11) is -3.37. The molecule has 1 aromatic carbocycles. The van der Waals surface area contributed by atoms with Crippen molar-refractivity contribution in [3.05, 3.63) is 23.2 Å². The first-order valence-electron chi connectivity index (χ1n) is 4.95. The monoisotopic (exact) mass is 310 g/mol. The zero-order chi connectivity index (χ0) is 13.8. The van der Waals surface area contributed by atoms with Crippen molar-refractivity contribution in [3.63, 3.8) is 0 Å². The van der Waals surface area contributed by atoms with Crippen molar-refractivity contribution >= 4 is 50.5 Å². The van der Waals surface area contributed by atoms with Crippen molar-refractivity contribution in [2.24, 2.45) is 0 Å². The Morgan fingerprint density at radius 1 is 1.39 bits per heavy atom. The van der Waals surface area contributed by atoms with E-state index >= 15 is 0 Å². The summed E-state index contributed by atoms with van der Waals surface area (Å²) in [4.78, 5) is 11.4. The number of hydrogen-bond donors (Lipinski definition) is 2. The highest BCUT2D eigenvalue weighted by Crippen LogP contribution is 2.26. The highest BCUT2D eigenvalue weighted by atomic mass is 35.5. The first-order chi connectivity index (χ1) is 8.31. The molecule has 8 heteroatoms. The van der Waals surface area contributed by atoms with Crippen LogP contribution in [0.15, 0.2) is 18.2 Å². The second-order valence-electron chi connectivity index (χ2n) is 3.56. The first-order valence-corrected chi connectivity index (χ1v) is 7.75. The Morgan fingerprint density at radius 2 is 2.06 bits per heavy atom. The molecule has 100 valence electrons. The van der Waals surface area contributed by atoms with E-state index in [0.29, 0.717) is 16.4 Å². The van der Waals surface area contributed by atoms with Crippen LogP contribution in [0.3, 0.4) is 0 Å². The molecule has 18 heavy (non-hydrogen) atoms. The minimum atomic E-state index is -3.37. The number of anilines is 2. The van der Waals surface area contributed by atoms with Crippen LogP contribution in [0.1, 0.15) is 6.42 Å². The maximum atomic E-state index is 11.4. The second-order valence-corrected chi connectivity index (χ2v) is 6.09. The Hall–Kier alpha value is -0.980. The number of carbonyl (C=O) groups excluding carboxylic acids is 1. The number of halogens is 2. The van der Waals surface area contributed by atoms with Gasteiger partial charge in [-0.2, -0.15) is 0 Å². The van der Waals surface area contributed by atoms with E-state index in [1.807, 2.05) is 0 Å². The van der Waals surface area contributed by atoms with Crippen LogP contribution in [-0.4, -0.2) is 26.5 Å². The van der Waals surface area contributed by atoms with Gasteiger partial charge in [-0.25, -0.2) is 8.42 Å². The Balaban J connectivity index is 2.91. The molecule has 0 radical (unpaired) electrons. The van der Waals surface area contributed by atoms with Crippen molar-refractivity contribution in [2.75, 3.05) is 22.2 Å². The van der Waals surface area contributed by atoms with Crippen LogP contribution >= 0.6 is 23.2 Å². The molecular weight excluding hydrogens is 299 g/mol. The normalized spacial score (nSPS) is 11.1. The van der Waals surface area contributed by atoms with Crippen molar-refractivity contribution in [1.82, 2.24) is 0 Å². The average Bonchev–Trinajstić information content (AvgIpc) is 2.21. The smallest absolute Gasteiger partial charge is 0.229 e. The maximum Gasteiger partial charge on any atom is 0.229 e. The molecule has 0 saturated heterocycles. The summed E-state index contributed by atoms with van der Waals surface area (Å²) >= 11 is 11.3. The summed E-state index contributed by atoms with van der Waals surface area (Å²) in [5.41, 5.74) is 0.656. The molecule has 0 heterocycles. The fourth-order valence-electron chi connectivity index (χ4n) is 1.20. The molecule has 1 rings (SSSR count). The highest BCUT2D eigenvalue weighted by molar-refractivity contribution is 7.92. The predicted molar refractivity (Wildman–Crippen MR) is 73.9 cm³/mol. The lowest BCUT2D eigenvalue weighted by Crippen LogP contribution is -2.13. The highest BCUT2D eigenvalue weighted by Gasteiger charge is 2.08. The number of hydrogen-bond acceptors (Lipinski definition) is 3. The number of amides is 1. The number of carbonyl (C=O) groups is 1. The molecule has 2 N–H and O–H groups in total. The van der Waals surface area contributed by atoms with Crippen LogP contribution in [0, 0.1) is 0 Å². The Labute approximate surface area is 116 Å². The molecular formula is C10H12Cl2N2O3S. The molecule has 1 amide bonds. The zero-order valence-electron chi connectivity index (χ0n) is 9.54. The molecule has 0 aliphatic rings. The van der Waals surface area contributed by atoms with E-state index in [1.165, 1.54) is 18.2 Å². The van der Waals surface area contributed by atoms with E-state index in [9.17, 15) is 13.2 Å². The van der Waals surface area contributed by atoms with E-state index in [-0.39, 0.29) is 18.2 Å². The number of sulfonamides is 1. The van der Waals surface area contributed by atoms with Gasteiger partial charge in [-0.15, -0.1) is 11.6 Å². The van der Waals surface area contributed by atoms with Crippen molar-refractivity contribution < 1.29 is 13.2 Å². The van der Waals surface area contributed by atoms with Gasteiger partial charge in [-0.1, -0.05) is 11.6 Å². The van der Waals surface area contributed by atoms with Crippen molar-refractivity contribution in [3.8, 4) is 0 Å². The van der Waals surface area contributed by atoms with E-state index in [4.69, 9.17) is 23.2 Å². The standard InChI is InChI=1S/C10H12Cl2N2O3S/c1-18(16,17)14-7-2-3-8(12)9(6-7)13-10(15)4-5-11/h2-3,6,14H,4-5H2,1H3,(H,13,15). The lowest BCUT2D eigenvalue weighted by Gasteiger charge is -2.09. The number of rotatable bonds is 5. The van der Waals surface area contributed by atoms with E-state index in [1.54, 1.807) is 0 Å². The van der Waals surface area contributed by atoms with Gasteiger partial charge in [0.15, 0.2) is 0 Å². The molecule has 0 saturated carbocycles. The first kappa shape index (κ1) is 15.1. The number of benzene rings is 1. The lowest BCUT2D eigenvalue weighted by atomic mass is 10.2. The molecule has 0 spiro atoms. The number of alkyl halides is 1. The van der Waals surface area contributed by atoms with Gasteiger partial charge in [0.2, 0.25) is 15.9 Å². The minimum absolute atomic E-state index is 0.154. The molecule has 0 fully saturated rings. The topological polar surface area (TPSA) is 75.3 Å². The Kier molecular flexibility index (Phi) is 5.25. The van der Waals surface area contributed by atoms with Crippen LogP contribution in [0.4, 0.5) is 11.4 Å². The van der Waals surface area contributed by atoms with E-state index in [0.717, 1.165) is 6.26 Å². The van der Waals surface area contributed by atoms with Gasteiger partial charge in [-0.3, -0.25) is 9.52 Å². The van der Waals surface area contributed by atoms with Gasteiger partial charge in [0.1, 0.15) is 0 Å². The number of nitrogens with one attached hydrogen (secondary N) is 2. The third-order valence-electron chi connectivity index (χ3n) is 1.87. The van der Waals surface area contributed by atoms with E-state index < -0.39 is 10.0 Å². The van der Waals surface area contributed by atoms with Gasteiger partial charge in [0, 0.05) is 12.3 Å². The zero-order valence-corrected chi connectivity index (χ0v) is 11.9. The molecule has 0 bridgehead atoms. The summed E-state index contributed by atoms with van der Waals surface area (Å²) < 4.78 is 24.4. The Bertz CT molecular complexity index is 546. The van der Waals surface area contributed by atoms with Crippen LogP contribution in [0.2, 0.25) is 5.02 Å². The summed E-state index contributed by atoms with van der Waals surface area (Å²) in [5, 5.41) is 2.86. The molecule has 0 atom stereocenters. The van der Waals surface area contributed by atoms with Gasteiger partial charge in [0.25, 0.3) is 0 Å². The quantitative estimate of drug-likeness (QED) is 0.819. The summed E-state index contributed by atoms with van der Waals surface area (Å²) in [5.74, 6) is -0.0894. The van der Waals surface area contributed by atoms with Crippen LogP contribution in [-0.2, 0) is 14.8 Å². The SMILES string of the molecule is CS(=O)(=O)Nc1ccc(Cl)c(NC(=O)CCCl)c1. The van der Waals surface area contributed by atoms with Crippen molar-refractivity contribution in [2.45, 2.75) is 6.42 Å². The van der Waals surface area contributed by atoms with Gasteiger partial charge >= 0.3 is 0 Å².